The van der Waals surface area contributed by atoms with E-state index in [1.807, 2.05) is 13.8 Å². The Labute approximate surface area is 388 Å². The van der Waals surface area contributed by atoms with Gasteiger partial charge in [-0.2, -0.15) is 0 Å². The van der Waals surface area contributed by atoms with E-state index in [2.05, 4.69) is 80.2 Å². The molecular formula is C53H74Cl2O8. The summed E-state index contributed by atoms with van der Waals surface area (Å²) in [7, 11) is 6.35. The molecule has 10 heteroatoms. The summed E-state index contributed by atoms with van der Waals surface area (Å²) in [6.07, 6.45) is 14.1. The highest BCUT2D eigenvalue weighted by atomic mass is 35.5. The van der Waals surface area contributed by atoms with Crippen molar-refractivity contribution in [2.75, 3.05) is 35.0 Å². The molecule has 2 fully saturated rings. The predicted octanol–water partition coefficient (Wildman–Crippen LogP) is 13.4. The van der Waals surface area contributed by atoms with Crippen LogP contribution < -0.4 is 18.9 Å². The second-order valence-corrected chi connectivity index (χ2v) is 20.3. The molecule has 7 atom stereocenters. The first-order valence-corrected chi connectivity index (χ1v) is 23.3. The summed E-state index contributed by atoms with van der Waals surface area (Å²) in [5.74, 6) is 1.77. The zero-order valence-electron chi connectivity index (χ0n) is 40.8. The van der Waals surface area contributed by atoms with E-state index in [4.69, 9.17) is 46.9 Å². The van der Waals surface area contributed by atoms with Gasteiger partial charge in [0.1, 0.15) is 46.7 Å². The molecule has 348 valence electrons. The van der Waals surface area contributed by atoms with Crippen LogP contribution in [0.15, 0.2) is 30.4 Å². The number of carbonyl (C=O) groups is 3. The van der Waals surface area contributed by atoms with Crippen molar-refractivity contribution < 1.29 is 38.1 Å². The average Bonchev–Trinajstić information content (AvgIpc) is 3.25. The lowest BCUT2D eigenvalue weighted by Gasteiger charge is -2.45. The molecule has 0 amide bonds. The molecule has 2 aromatic rings. The summed E-state index contributed by atoms with van der Waals surface area (Å²) in [6.45, 7) is 27.0. The summed E-state index contributed by atoms with van der Waals surface area (Å²) in [6, 6.07) is 0. The quantitative estimate of drug-likeness (QED) is 0.108. The van der Waals surface area contributed by atoms with Gasteiger partial charge in [-0.25, -0.2) is 4.79 Å². The van der Waals surface area contributed by atoms with Crippen LogP contribution in [0.4, 0.5) is 0 Å². The standard InChI is InChI=1S/C53H74Cl2O8/c1-17-38-33(5)43(54)49(62-16)40(46(38)59-13)23-24-51(9,10)26-27-53(12)32(4)28-37(45(57)36(53)8)29-63-50(58)42-34(6)44(55)48(61-15)39(47(42)60-14)20-18-30(2)22-25-52(11)31(3)19-21-41(56)35(52)7/h17-18,26-27,31-32,35-37H,1,19-25,28-29H2,2-16H3/b27-26+,30-18+. The van der Waals surface area contributed by atoms with E-state index < -0.39 is 17.3 Å². The third-order valence-corrected chi connectivity index (χ3v) is 16.5. The Kier molecular flexibility index (Phi) is 17.3. The number of methoxy groups -OCH3 is 4. The van der Waals surface area contributed by atoms with E-state index in [1.165, 1.54) is 12.7 Å². The Bertz CT molecular complexity index is 2120. The molecule has 0 spiro atoms. The van der Waals surface area contributed by atoms with Crippen LogP contribution in [0.25, 0.3) is 6.08 Å². The monoisotopic (exact) mass is 908 g/mol. The molecule has 2 aliphatic carbocycles. The molecule has 0 bridgehead atoms. The lowest BCUT2D eigenvalue weighted by Crippen LogP contribution is -2.46. The minimum atomic E-state index is -0.597. The molecule has 2 aromatic carbocycles. The van der Waals surface area contributed by atoms with Crippen LogP contribution in [0.1, 0.15) is 139 Å². The second-order valence-electron chi connectivity index (χ2n) is 19.6. The van der Waals surface area contributed by atoms with Crippen molar-refractivity contribution in [1.29, 1.82) is 0 Å². The van der Waals surface area contributed by atoms with Crippen LogP contribution in [0.5, 0.6) is 23.0 Å². The molecule has 63 heavy (non-hydrogen) atoms. The number of allylic oxidation sites excluding steroid dienone is 4. The number of ketones is 2. The fourth-order valence-corrected chi connectivity index (χ4v) is 10.6. The number of rotatable bonds is 18. The Morgan fingerprint density at radius 1 is 0.857 bits per heavy atom. The van der Waals surface area contributed by atoms with E-state index in [0.29, 0.717) is 81.6 Å². The van der Waals surface area contributed by atoms with Crippen LogP contribution in [-0.2, 0) is 27.2 Å². The third-order valence-electron chi connectivity index (χ3n) is 15.6. The van der Waals surface area contributed by atoms with Gasteiger partial charge in [0.2, 0.25) is 0 Å². The number of carbonyl (C=O) groups excluding carboxylic acids is 3. The lowest BCUT2D eigenvalue weighted by molar-refractivity contribution is -0.137. The predicted molar refractivity (Wildman–Crippen MR) is 257 cm³/mol. The van der Waals surface area contributed by atoms with E-state index in [0.717, 1.165) is 42.4 Å². The van der Waals surface area contributed by atoms with Gasteiger partial charge in [-0.3, -0.25) is 9.59 Å². The largest absolute Gasteiger partial charge is 0.496 e. The van der Waals surface area contributed by atoms with Crippen LogP contribution in [-0.4, -0.2) is 52.6 Å². The third kappa shape index (κ3) is 10.5. The van der Waals surface area contributed by atoms with Crippen molar-refractivity contribution in [2.24, 2.45) is 45.8 Å². The Hall–Kier alpha value is -3.75. The molecule has 4 rings (SSSR count). The van der Waals surface area contributed by atoms with Gasteiger partial charge in [-0.15, -0.1) is 0 Å². The van der Waals surface area contributed by atoms with Crippen molar-refractivity contribution in [2.45, 2.75) is 128 Å². The van der Waals surface area contributed by atoms with Gasteiger partial charge >= 0.3 is 5.97 Å². The first-order chi connectivity index (χ1) is 29.5. The topological polar surface area (TPSA) is 97.4 Å². The van der Waals surface area contributed by atoms with E-state index in [9.17, 15) is 14.4 Å². The number of benzene rings is 2. The highest BCUT2D eigenvalue weighted by Crippen LogP contribution is 2.50. The van der Waals surface area contributed by atoms with Gasteiger partial charge in [0, 0.05) is 34.9 Å². The maximum absolute atomic E-state index is 14.1. The zero-order valence-corrected chi connectivity index (χ0v) is 42.3. The molecule has 2 saturated carbocycles. The van der Waals surface area contributed by atoms with Gasteiger partial charge in [0.25, 0.3) is 0 Å². The summed E-state index contributed by atoms with van der Waals surface area (Å²) >= 11 is 13.7. The van der Waals surface area contributed by atoms with Crippen molar-refractivity contribution in [3.63, 3.8) is 0 Å². The number of hydrogen-bond donors (Lipinski definition) is 0. The smallest absolute Gasteiger partial charge is 0.342 e. The number of esters is 1. The number of hydrogen-bond acceptors (Lipinski definition) is 8. The molecule has 0 saturated heterocycles. The normalized spacial score (nSPS) is 25.6. The van der Waals surface area contributed by atoms with Gasteiger partial charge in [-0.1, -0.05) is 115 Å². The number of Topliss-reactive ketones (excluding diaryl/α,β-unsaturated/α-hetero) is 2. The Morgan fingerprint density at radius 2 is 1.44 bits per heavy atom. The minimum absolute atomic E-state index is 0.0255. The Morgan fingerprint density at radius 3 is 2.03 bits per heavy atom. The molecule has 0 heterocycles. The van der Waals surface area contributed by atoms with Crippen LogP contribution in [0, 0.1) is 59.7 Å². The van der Waals surface area contributed by atoms with Crippen molar-refractivity contribution in [3.05, 3.63) is 73.8 Å². The first kappa shape index (κ1) is 51.9. The van der Waals surface area contributed by atoms with Crippen LogP contribution >= 0.6 is 23.2 Å². The number of halogens is 2. The summed E-state index contributed by atoms with van der Waals surface area (Å²) in [4.78, 5) is 40.8. The van der Waals surface area contributed by atoms with Crippen molar-refractivity contribution >= 4 is 46.8 Å². The minimum Gasteiger partial charge on any atom is -0.496 e. The molecule has 8 nitrogen and oxygen atoms in total. The highest BCUT2D eigenvalue weighted by Gasteiger charge is 2.47. The maximum Gasteiger partial charge on any atom is 0.342 e. The molecule has 0 aliphatic heterocycles. The van der Waals surface area contributed by atoms with Gasteiger partial charge in [0.15, 0.2) is 0 Å². The summed E-state index contributed by atoms with van der Waals surface area (Å²) in [5, 5.41) is 0.865. The first-order valence-electron chi connectivity index (χ1n) is 22.6. The molecular weight excluding hydrogens is 835 g/mol. The SMILES string of the molecule is C=Cc1c(C)c(Cl)c(OC)c(CCC(C)(C)/C=C/C2(C)C(C)CC(COC(=O)c3c(C)c(Cl)c(OC)c(C/C=C(\C)CCC4(C)C(C)CCC(=O)C4C)c3OC)C(=O)C2C)c1OC. The summed E-state index contributed by atoms with van der Waals surface area (Å²) < 4.78 is 29.4. The fourth-order valence-electron chi connectivity index (χ4n) is 10.0. The van der Waals surface area contributed by atoms with Crippen molar-refractivity contribution in [1.82, 2.24) is 0 Å². The lowest BCUT2D eigenvalue weighted by atomic mass is 9.58. The summed E-state index contributed by atoms with van der Waals surface area (Å²) in [5.41, 5.74) is 4.41. The van der Waals surface area contributed by atoms with Gasteiger partial charge < -0.3 is 23.7 Å². The number of ether oxygens (including phenoxy) is 5. The van der Waals surface area contributed by atoms with Gasteiger partial charge in [0.05, 0.1) is 44.4 Å². The highest BCUT2D eigenvalue weighted by molar-refractivity contribution is 6.34. The average molecular weight is 910 g/mol. The zero-order chi connectivity index (χ0) is 47.4. The maximum atomic E-state index is 14.1. The molecule has 7 unspecified atom stereocenters. The fraction of sp³-hybridized carbons (Fsp3) is 0.604. The van der Waals surface area contributed by atoms with E-state index in [1.54, 1.807) is 34.3 Å². The van der Waals surface area contributed by atoms with Gasteiger partial charge in [-0.05, 0) is 105 Å². The molecule has 2 aliphatic rings. The molecule has 0 radical (unpaired) electrons. The second kappa shape index (κ2) is 21.0. The van der Waals surface area contributed by atoms with Crippen molar-refractivity contribution in [3.8, 4) is 23.0 Å². The Balaban J connectivity index is 1.49. The van der Waals surface area contributed by atoms with Crippen LogP contribution in [0.3, 0.4) is 0 Å². The molecule has 0 aromatic heterocycles. The van der Waals surface area contributed by atoms with Crippen LogP contribution in [0.2, 0.25) is 10.0 Å². The molecule has 0 N–H and O–H groups in total. The van der Waals surface area contributed by atoms with E-state index >= 15 is 0 Å². The van der Waals surface area contributed by atoms with E-state index in [-0.39, 0.29) is 46.5 Å².